The van der Waals surface area contributed by atoms with Crippen molar-refractivity contribution in [3.05, 3.63) is 65.2 Å². The topological polar surface area (TPSA) is 29.5 Å². The van der Waals surface area contributed by atoms with Crippen LogP contribution in [-0.2, 0) is 6.42 Å². The van der Waals surface area contributed by atoms with Crippen molar-refractivity contribution in [1.82, 2.24) is 0 Å². The molecular weight excluding hydrogens is 248 g/mol. The summed E-state index contributed by atoms with van der Waals surface area (Å²) in [7, 11) is 0. The van der Waals surface area contributed by atoms with Gasteiger partial charge in [-0.05, 0) is 41.7 Å². The van der Waals surface area contributed by atoms with Crippen LogP contribution in [-0.4, -0.2) is 11.7 Å². The Morgan fingerprint density at radius 1 is 1.00 bits per heavy atom. The number of hydrogen-bond donors (Lipinski definition) is 1. The van der Waals surface area contributed by atoms with Crippen molar-refractivity contribution < 1.29 is 9.84 Å². The first-order valence-electron chi connectivity index (χ1n) is 7.24. The highest BCUT2D eigenvalue weighted by molar-refractivity contribution is 5.36. The lowest BCUT2D eigenvalue weighted by atomic mass is 9.99. The minimum Gasteiger partial charge on any atom is -0.494 e. The third-order valence-corrected chi connectivity index (χ3v) is 3.32. The van der Waals surface area contributed by atoms with E-state index >= 15 is 0 Å². The molecule has 1 N–H and O–H groups in total. The van der Waals surface area contributed by atoms with Crippen molar-refractivity contribution in [1.29, 1.82) is 0 Å². The van der Waals surface area contributed by atoms with Crippen LogP contribution in [0.15, 0.2) is 48.5 Å². The van der Waals surface area contributed by atoms with Gasteiger partial charge in [0.25, 0.3) is 0 Å². The SMILES string of the molecule is CCCOc1cccc(C(O)c2cccc(CC)c2)c1. The lowest BCUT2D eigenvalue weighted by Crippen LogP contribution is -2.02. The maximum atomic E-state index is 10.5. The van der Waals surface area contributed by atoms with E-state index in [1.165, 1.54) is 5.56 Å². The fraction of sp³-hybridized carbons (Fsp3) is 0.333. The Balaban J connectivity index is 2.21. The van der Waals surface area contributed by atoms with Gasteiger partial charge < -0.3 is 9.84 Å². The van der Waals surface area contributed by atoms with E-state index in [9.17, 15) is 5.11 Å². The molecule has 0 spiro atoms. The average Bonchev–Trinajstić information content (AvgIpc) is 2.52. The second-order valence-corrected chi connectivity index (χ2v) is 4.92. The van der Waals surface area contributed by atoms with Crippen LogP contribution < -0.4 is 4.74 Å². The van der Waals surface area contributed by atoms with Gasteiger partial charge >= 0.3 is 0 Å². The Bertz CT molecular complexity index is 549. The fourth-order valence-corrected chi connectivity index (χ4v) is 2.17. The summed E-state index contributed by atoms with van der Waals surface area (Å²) in [5, 5.41) is 10.5. The number of ether oxygens (including phenoxy) is 1. The summed E-state index contributed by atoms with van der Waals surface area (Å²) in [5.74, 6) is 0.815. The fourth-order valence-electron chi connectivity index (χ4n) is 2.17. The summed E-state index contributed by atoms with van der Waals surface area (Å²) < 4.78 is 5.62. The van der Waals surface area contributed by atoms with Crippen LogP contribution in [0, 0.1) is 0 Å². The molecule has 0 aliphatic carbocycles. The Morgan fingerprint density at radius 3 is 2.40 bits per heavy atom. The zero-order valence-corrected chi connectivity index (χ0v) is 12.2. The van der Waals surface area contributed by atoms with Gasteiger partial charge in [0.2, 0.25) is 0 Å². The summed E-state index contributed by atoms with van der Waals surface area (Å²) in [6, 6.07) is 15.8. The molecule has 2 aromatic rings. The van der Waals surface area contributed by atoms with Gasteiger partial charge in [-0.25, -0.2) is 0 Å². The Morgan fingerprint density at radius 2 is 1.70 bits per heavy atom. The summed E-state index contributed by atoms with van der Waals surface area (Å²) in [6.07, 6.45) is 1.35. The molecule has 0 bridgehead atoms. The molecule has 106 valence electrons. The summed E-state index contributed by atoms with van der Waals surface area (Å²) in [6.45, 7) is 4.89. The molecular formula is C18H22O2. The molecule has 2 aromatic carbocycles. The molecule has 0 saturated carbocycles. The summed E-state index contributed by atoms with van der Waals surface area (Å²) in [5.41, 5.74) is 3.03. The first kappa shape index (κ1) is 14.6. The van der Waals surface area contributed by atoms with E-state index < -0.39 is 6.10 Å². The van der Waals surface area contributed by atoms with Gasteiger partial charge in [-0.2, -0.15) is 0 Å². The van der Waals surface area contributed by atoms with Gasteiger partial charge in [-0.3, -0.25) is 0 Å². The van der Waals surface area contributed by atoms with Gasteiger partial charge in [0, 0.05) is 0 Å². The Kier molecular flexibility index (Phi) is 5.19. The van der Waals surface area contributed by atoms with Gasteiger partial charge in [0.1, 0.15) is 11.9 Å². The minimum atomic E-state index is -0.605. The maximum absolute atomic E-state index is 10.5. The van der Waals surface area contributed by atoms with Crippen LogP contribution in [0.3, 0.4) is 0 Å². The first-order valence-corrected chi connectivity index (χ1v) is 7.24. The molecule has 1 unspecified atom stereocenters. The van der Waals surface area contributed by atoms with Gasteiger partial charge in [0.15, 0.2) is 0 Å². The molecule has 0 fully saturated rings. The molecule has 1 atom stereocenters. The van der Waals surface area contributed by atoms with Gasteiger partial charge in [-0.15, -0.1) is 0 Å². The van der Waals surface area contributed by atoms with Crippen LogP contribution in [0.5, 0.6) is 5.75 Å². The van der Waals surface area contributed by atoms with Crippen molar-refractivity contribution in [3.8, 4) is 5.75 Å². The lowest BCUT2D eigenvalue weighted by molar-refractivity contribution is 0.219. The normalized spacial score (nSPS) is 12.2. The second kappa shape index (κ2) is 7.11. The van der Waals surface area contributed by atoms with Crippen molar-refractivity contribution in [2.45, 2.75) is 32.8 Å². The van der Waals surface area contributed by atoms with E-state index in [1.54, 1.807) is 0 Å². The van der Waals surface area contributed by atoms with E-state index in [0.717, 1.165) is 29.7 Å². The van der Waals surface area contributed by atoms with Crippen LogP contribution in [0.25, 0.3) is 0 Å². The number of aliphatic hydroxyl groups excluding tert-OH is 1. The molecule has 0 radical (unpaired) electrons. The quantitative estimate of drug-likeness (QED) is 0.855. The number of aliphatic hydroxyl groups is 1. The van der Waals surface area contributed by atoms with Crippen LogP contribution in [0.1, 0.15) is 43.1 Å². The van der Waals surface area contributed by atoms with E-state index in [0.29, 0.717) is 6.61 Å². The minimum absolute atomic E-state index is 0.605. The molecule has 0 amide bonds. The van der Waals surface area contributed by atoms with Crippen LogP contribution in [0.2, 0.25) is 0 Å². The first-order chi connectivity index (χ1) is 9.74. The molecule has 2 heteroatoms. The molecule has 20 heavy (non-hydrogen) atoms. The molecule has 0 aromatic heterocycles. The highest BCUT2D eigenvalue weighted by Crippen LogP contribution is 2.25. The van der Waals surface area contributed by atoms with Gasteiger partial charge in [-0.1, -0.05) is 50.2 Å². The molecule has 0 saturated heterocycles. The summed E-state index contributed by atoms with van der Waals surface area (Å²) in [4.78, 5) is 0. The van der Waals surface area contributed by atoms with Crippen molar-refractivity contribution >= 4 is 0 Å². The van der Waals surface area contributed by atoms with Gasteiger partial charge in [0.05, 0.1) is 6.61 Å². The zero-order chi connectivity index (χ0) is 14.4. The predicted octanol–water partition coefficient (Wildman–Crippen LogP) is 4.12. The number of rotatable bonds is 6. The van der Waals surface area contributed by atoms with E-state index in [2.05, 4.69) is 26.0 Å². The summed E-state index contributed by atoms with van der Waals surface area (Å²) >= 11 is 0. The number of benzene rings is 2. The molecule has 0 aliphatic rings. The smallest absolute Gasteiger partial charge is 0.119 e. The second-order valence-electron chi connectivity index (χ2n) is 4.92. The van der Waals surface area contributed by atoms with Crippen LogP contribution >= 0.6 is 0 Å². The Hall–Kier alpha value is -1.80. The molecule has 2 rings (SSSR count). The highest BCUT2D eigenvalue weighted by Gasteiger charge is 2.11. The van der Waals surface area contributed by atoms with E-state index in [1.807, 2.05) is 36.4 Å². The molecule has 2 nitrogen and oxygen atoms in total. The average molecular weight is 270 g/mol. The lowest BCUT2D eigenvalue weighted by Gasteiger charge is -2.14. The Labute approximate surface area is 121 Å². The maximum Gasteiger partial charge on any atom is 0.119 e. The van der Waals surface area contributed by atoms with E-state index in [4.69, 9.17) is 4.74 Å². The highest BCUT2D eigenvalue weighted by atomic mass is 16.5. The third-order valence-electron chi connectivity index (χ3n) is 3.32. The van der Waals surface area contributed by atoms with Crippen molar-refractivity contribution in [2.75, 3.05) is 6.61 Å². The monoisotopic (exact) mass is 270 g/mol. The zero-order valence-electron chi connectivity index (χ0n) is 12.2. The number of hydrogen-bond acceptors (Lipinski definition) is 2. The van der Waals surface area contributed by atoms with Crippen LogP contribution in [0.4, 0.5) is 0 Å². The standard InChI is InChI=1S/C18H22O2/c1-3-11-20-17-10-6-9-16(13-17)18(19)15-8-5-7-14(4-2)12-15/h5-10,12-13,18-19H,3-4,11H2,1-2H3. The largest absolute Gasteiger partial charge is 0.494 e. The third kappa shape index (κ3) is 3.61. The molecule has 0 heterocycles. The predicted molar refractivity (Wildman–Crippen MR) is 82.1 cm³/mol. The van der Waals surface area contributed by atoms with E-state index in [-0.39, 0.29) is 0 Å². The van der Waals surface area contributed by atoms with Crippen molar-refractivity contribution in [3.63, 3.8) is 0 Å². The number of aryl methyl sites for hydroxylation is 1. The van der Waals surface area contributed by atoms with Crippen molar-refractivity contribution in [2.24, 2.45) is 0 Å². The molecule has 0 aliphatic heterocycles.